The zero-order chi connectivity index (χ0) is 35.0. The highest BCUT2D eigenvalue weighted by Crippen LogP contribution is 2.41. The summed E-state index contributed by atoms with van der Waals surface area (Å²) < 4.78 is 6.85. The van der Waals surface area contributed by atoms with Crippen molar-refractivity contribution in [3.05, 3.63) is 182 Å². The van der Waals surface area contributed by atoms with Gasteiger partial charge in [-0.05, 0) is 66.2 Å². The first kappa shape index (κ1) is 29.3. The molecule has 0 N–H and O–H groups in total. The molecule has 0 saturated carbocycles. The van der Waals surface area contributed by atoms with E-state index in [1.165, 1.54) is 21.5 Å². The summed E-state index contributed by atoms with van der Waals surface area (Å²) in [7, 11) is 0. The molecule has 0 radical (unpaired) electrons. The fourth-order valence-electron chi connectivity index (χ4n) is 8.51. The first-order valence-corrected chi connectivity index (χ1v) is 17.8. The minimum atomic E-state index is 0.589. The van der Waals surface area contributed by atoms with Gasteiger partial charge in [0.15, 0.2) is 0 Å². The van der Waals surface area contributed by atoms with Crippen molar-refractivity contribution >= 4 is 65.4 Å². The van der Waals surface area contributed by atoms with Crippen molar-refractivity contribution in [2.24, 2.45) is 0 Å². The van der Waals surface area contributed by atoms with Crippen LogP contribution in [0, 0.1) is 11.3 Å². The molecule has 0 aliphatic heterocycles. The monoisotopic (exact) mass is 675 g/mol. The maximum absolute atomic E-state index is 11.0. The molecule has 0 saturated heterocycles. The van der Waals surface area contributed by atoms with Gasteiger partial charge in [-0.1, -0.05) is 109 Å². The fraction of sp³-hybridized carbons (Fsp3) is 0. The molecule has 4 aromatic heterocycles. The van der Waals surface area contributed by atoms with E-state index in [1.807, 2.05) is 6.20 Å². The Bertz CT molecular complexity index is 3150. The molecule has 7 aromatic carbocycles. The molecule has 0 atom stereocenters. The molecule has 0 bridgehead atoms. The minimum Gasteiger partial charge on any atom is -0.309 e. The van der Waals surface area contributed by atoms with Crippen LogP contribution in [0.4, 0.5) is 0 Å². The standard InChI is InChI=1S/C48H29N5/c49-30-32-27-39(31-25-26-50-48(28-31)53-44-23-11-5-17-37(44)38-18-6-12-24-45(38)53)47(52-42-21-9-3-15-35(42)36-16-4-10-22-43(36)52)29-46(32)51-40-19-7-1-13-33(40)34-14-2-8-20-41(34)51/h1-29H. The molecule has 5 nitrogen and oxygen atoms in total. The van der Waals surface area contributed by atoms with Crippen LogP contribution in [0.25, 0.3) is 93.7 Å². The highest BCUT2D eigenvalue weighted by Gasteiger charge is 2.22. The Morgan fingerprint density at radius 2 is 0.774 bits per heavy atom. The van der Waals surface area contributed by atoms with Crippen molar-refractivity contribution in [1.29, 1.82) is 5.26 Å². The van der Waals surface area contributed by atoms with E-state index in [0.29, 0.717) is 5.56 Å². The first-order chi connectivity index (χ1) is 26.3. The van der Waals surface area contributed by atoms with Crippen molar-refractivity contribution in [3.8, 4) is 34.4 Å². The van der Waals surface area contributed by atoms with Crippen LogP contribution in [0.3, 0.4) is 0 Å². The van der Waals surface area contributed by atoms with Gasteiger partial charge in [-0.25, -0.2) is 4.98 Å². The lowest BCUT2D eigenvalue weighted by Gasteiger charge is -2.19. The fourth-order valence-corrected chi connectivity index (χ4v) is 8.51. The second-order valence-corrected chi connectivity index (χ2v) is 13.5. The van der Waals surface area contributed by atoms with Gasteiger partial charge in [-0.15, -0.1) is 0 Å². The molecule has 0 aliphatic carbocycles. The van der Waals surface area contributed by atoms with E-state index >= 15 is 0 Å². The lowest BCUT2D eigenvalue weighted by atomic mass is 9.99. The van der Waals surface area contributed by atoms with Crippen molar-refractivity contribution in [3.63, 3.8) is 0 Å². The van der Waals surface area contributed by atoms with Crippen molar-refractivity contribution < 1.29 is 0 Å². The molecule has 53 heavy (non-hydrogen) atoms. The van der Waals surface area contributed by atoms with Crippen LogP contribution in [0.2, 0.25) is 0 Å². The number of fused-ring (bicyclic) bond motifs is 9. The average molecular weight is 676 g/mol. The number of benzene rings is 7. The first-order valence-electron chi connectivity index (χ1n) is 17.8. The third-order valence-electron chi connectivity index (χ3n) is 10.7. The van der Waals surface area contributed by atoms with Crippen LogP contribution in [0.5, 0.6) is 0 Å². The van der Waals surface area contributed by atoms with Crippen molar-refractivity contribution in [2.75, 3.05) is 0 Å². The molecule has 246 valence electrons. The highest BCUT2D eigenvalue weighted by molar-refractivity contribution is 6.12. The van der Waals surface area contributed by atoms with Crippen LogP contribution in [0.1, 0.15) is 5.56 Å². The Labute approximate surface area is 304 Å². The van der Waals surface area contributed by atoms with E-state index in [2.05, 4.69) is 190 Å². The molecule has 11 aromatic rings. The zero-order valence-electron chi connectivity index (χ0n) is 28.5. The molecule has 4 heterocycles. The normalized spacial score (nSPS) is 11.8. The van der Waals surface area contributed by atoms with Gasteiger partial charge in [0.1, 0.15) is 11.9 Å². The van der Waals surface area contributed by atoms with E-state index in [9.17, 15) is 5.26 Å². The average Bonchev–Trinajstić information content (AvgIpc) is 3.86. The molecule has 11 rings (SSSR count). The molecule has 0 amide bonds. The number of nitriles is 1. The lowest BCUT2D eigenvalue weighted by Crippen LogP contribution is -2.04. The van der Waals surface area contributed by atoms with E-state index in [0.717, 1.165) is 72.2 Å². The Kier molecular flexibility index (Phi) is 6.25. The van der Waals surface area contributed by atoms with Gasteiger partial charge < -0.3 is 9.13 Å². The van der Waals surface area contributed by atoms with Crippen LogP contribution in [0.15, 0.2) is 176 Å². The second-order valence-electron chi connectivity index (χ2n) is 13.5. The van der Waals surface area contributed by atoms with Crippen LogP contribution >= 0.6 is 0 Å². The summed E-state index contributed by atoms with van der Waals surface area (Å²) in [5, 5.41) is 18.0. The molecule has 5 heteroatoms. The minimum absolute atomic E-state index is 0.589. The third-order valence-corrected chi connectivity index (χ3v) is 10.7. The van der Waals surface area contributed by atoms with Gasteiger partial charge in [0.25, 0.3) is 0 Å². The maximum atomic E-state index is 11.0. The Hall–Kier alpha value is -7.42. The molecular weight excluding hydrogens is 647 g/mol. The number of para-hydroxylation sites is 6. The SMILES string of the molecule is N#Cc1cc(-c2ccnc(-n3c4ccccc4c4ccccc43)c2)c(-n2c3ccccc3c3ccccc32)cc1-n1c2ccccc2c2ccccc21. The number of nitrogens with zero attached hydrogens (tertiary/aromatic N) is 5. The summed E-state index contributed by atoms with van der Waals surface area (Å²) in [4.78, 5) is 4.96. The Balaban J connectivity index is 1.25. The highest BCUT2D eigenvalue weighted by atomic mass is 15.1. The molecule has 0 aliphatic rings. The van der Waals surface area contributed by atoms with E-state index in [4.69, 9.17) is 4.98 Å². The predicted octanol–water partition coefficient (Wildman–Crippen LogP) is 11.9. The van der Waals surface area contributed by atoms with Gasteiger partial charge >= 0.3 is 0 Å². The van der Waals surface area contributed by atoms with Crippen LogP contribution in [-0.2, 0) is 0 Å². The van der Waals surface area contributed by atoms with E-state index in [1.54, 1.807) is 0 Å². The zero-order valence-corrected chi connectivity index (χ0v) is 28.5. The molecule has 0 fully saturated rings. The predicted molar refractivity (Wildman–Crippen MR) is 217 cm³/mol. The largest absolute Gasteiger partial charge is 0.309 e. The quantitative estimate of drug-likeness (QED) is 0.186. The Morgan fingerprint density at radius 3 is 1.19 bits per heavy atom. The number of hydrogen-bond acceptors (Lipinski definition) is 2. The summed E-state index contributed by atoms with van der Waals surface area (Å²) in [5.41, 5.74) is 10.8. The smallest absolute Gasteiger partial charge is 0.138 e. The van der Waals surface area contributed by atoms with Crippen LogP contribution < -0.4 is 0 Å². The molecule has 0 spiro atoms. The van der Waals surface area contributed by atoms with Gasteiger partial charge in [-0.2, -0.15) is 5.26 Å². The van der Waals surface area contributed by atoms with Crippen LogP contribution in [-0.4, -0.2) is 18.7 Å². The van der Waals surface area contributed by atoms with Gasteiger partial charge in [0, 0.05) is 44.1 Å². The summed E-state index contributed by atoms with van der Waals surface area (Å²) in [6.45, 7) is 0. The topological polar surface area (TPSA) is 51.5 Å². The third kappa shape index (κ3) is 4.21. The number of rotatable bonds is 4. The summed E-state index contributed by atoms with van der Waals surface area (Å²) in [6, 6.07) is 62.2. The summed E-state index contributed by atoms with van der Waals surface area (Å²) in [5.74, 6) is 0.818. The lowest BCUT2D eigenvalue weighted by molar-refractivity contribution is 1.08. The van der Waals surface area contributed by atoms with Gasteiger partial charge in [0.05, 0.1) is 50.0 Å². The summed E-state index contributed by atoms with van der Waals surface area (Å²) in [6.07, 6.45) is 1.89. The van der Waals surface area contributed by atoms with Crippen molar-refractivity contribution in [2.45, 2.75) is 0 Å². The number of hydrogen-bond donors (Lipinski definition) is 0. The van der Waals surface area contributed by atoms with E-state index < -0.39 is 0 Å². The van der Waals surface area contributed by atoms with E-state index in [-0.39, 0.29) is 0 Å². The van der Waals surface area contributed by atoms with Crippen molar-refractivity contribution in [1.82, 2.24) is 18.7 Å². The van der Waals surface area contributed by atoms with Gasteiger partial charge in [-0.3, -0.25) is 4.57 Å². The maximum Gasteiger partial charge on any atom is 0.138 e. The number of aromatic nitrogens is 4. The molecule has 0 unspecified atom stereocenters. The number of pyridine rings is 1. The second kappa shape index (κ2) is 11.3. The van der Waals surface area contributed by atoms with Gasteiger partial charge in [0.2, 0.25) is 0 Å². The molecular formula is C48H29N5. The Morgan fingerprint density at radius 1 is 0.396 bits per heavy atom. The summed E-state index contributed by atoms with van der Waals surface area (Å²) >= 11 is 0.